The fraction of sp³-hybridized carbons (Fsp3) is 0.151. The Morgan fingerprint density at radius 3 is 1.05 bits per heavy atom. The topological polar surface area (TPSA) is 548 Å². The molecule has 0 atom stereocenters. The fourth-order valence-corrected chi connectivity index (χ4v) is 8.33. The van der Waals surface area contributed by atoms with Gasteiger partial charge in [0.25, 0.3) is 0 Å². The number of tetrazole rings is 1. The van der Waals surface area contributed by atoms with E-state index >= 15 is 0 Å². The minimum absolute atomic E-state index is 0.676. The van der Waals surface area contributed by atoms with Gasteiger partial charge in [0.05, 0.1) is 64.7 Å². The quantitative estimate of drug-likeness (QED) is 0.0699. The first-order valence-corrected chi connectivity index (χ1v) is 43.0. The second kappa shape index (κ2) is 90.6. The van der Waals surface area contributed by atoms with E-state index in [9.17, 15) is 0 Å². The van der Waals surface area contributed by atoms with Gasteiger partial charge in [-0.15, -0.1) is 43.1 Å². The highest BCUT2D eigenvalue weighted by atomic mass is 32.1. The summed E-state index contributed by atoms with van der Waals surface area (Å²) in [5.74, 6) is 2.50. The van der Waals surface area contributed by atoms with Crippen LogP contribution in [0.5, 0.6) is 0 Å². The lowest BCUT2D eigenvalue weighted by Crippen LogP contribution is -2.05. The Kier molecular flexibility index (Phi) is 77.9. The van der Waals surface area contributed by atoms with E-state index < -0.39 is 0 Å². The van der Waals surface area contributed by atoms with Gasteiger partial charge in [-0.2, -0.15) is 60.0 Å². The van der Waals surface area contributed by atoms with Crippen molar-refractivity contribution in [2.45, 2.75) is 83.1 Å². The van der Waals surface area contributed by atoms with Crippen LogP contribution < -0.4 is 5.32 Å². The molecule has 0 fully saturated rings. The minimum Gasteiger partial charge on any atom is -0.387 e. The van der Waals surface area contributed by atoms with E-state index in [1.165, 1.54) is 70.7 Å². The van der Waals surface area contributed by atoms with Gasteiger partial charge in [0.1, 0.15) is 37.0 Å². The van der Waals surface area contributed by atoms with Crippen molar-refractivity contribution in [3.63, 3.8) is 0 Å². The number of nitrogens with one attached hydrogen (secondary N) is 8. The number of nitrogens with zero attached hydrogens (tertiary/aromatic N) is 33. The first-order valence-electron chi connectivity index (χ1n) is 38.8. The Hall–Kier alpha value is -16.6. The summed E-state index contributed by atoms with van der Waals surface area (Å²) >= 11 is 7.33. The first-order chi connectivity index (χ1) is 64.7. The third kappa shape index (κ3) is 88.3. The van der Waals surface area contributed by atoms with Gasteiger partial charge in [-0.05, 0) is 215 Å². The van der Waals surface area contributed by atoms with Gasteiger partial charge in [0, 0.05) is 211 Å². The van der Waals surface area contributed by atoms with Gasteiger partial charge < -0.3 is 20.3 Å². The molecule has 41 nitrogen and oxygen atoms in total. The average Bonchev–Trinajstić information content (AvgIpc) is 1.94. The van der Waals surface area contributed by atoms with Crippen LogP contribution in [-0.2, 0) is 0 Å². The number of aryl methyl sites for hydroxylation is 12. The second-order valence-corrected chi connectivity index (χ2v) is 27.2. The molecule has 0 radical (unpaired) electrons. The van der Waals surface area contributed by atoms with Crippen LogP contribution in [0.25, 0.3) is 0 Å². The molecule has 22 heterocycles. The van der Waals surface area contributed by atoms with Crippen molar-refractivity contribution in [1.29, 1.82) is 0 Å². The van der Waals surface area contributed by atoms with Crippen molar-refractivity contribution < 1.29 is 0 Å². The zero-order chi connectivity index (χ0) is 95.3. The predicted octanol–water partition coefficient (Wildman–Crippen LogP) is 15.4. The molecule has 0 amide bonds. The smallest absolute Gasteiger partial charge is 0.171 e. The van der Waals surface area contributed by atoms with E-state index in [1.54, 1.807) is 221 Å². The lowest BCUT2D eigenvalue weighted by molar-refractivity contribution is 0.881. The molecule has 0 aromatic carbocycles. The molecule has 0 saturated heterocycles. The van der Waals surface area contributed by atoms with Crippen molar-refractivity contribution in [1.82, 2.24) is 205 Å². The Morgan fingerprint density at radius 1 is 0.341 bits per heavy atom. The maximum absolute atomic E-state index is 3.94. The molecular weight excluding hydrogens is 1770 g/mol. The third-order valence-electron chi connectivity index (χ3n) is 12.0. The lowest BCUT2D eigenvalue weighted by Gasteiger charge is -1.94. The van der Waals surface area contributed by atoms with Crippen molar-refractivity contribution in [2.24, 2.45) is 0 Å². The number of rotatable bonds is 0. The molecule has 0 spiro atoms. The molecule has 22 rings (SSSR count). The van der Waals surface area contributed by atoms with Gasteiger partial charge >= 0.3 is 0 Å². The molecule has 1 aliphatic heterocycles. The highest BCUT2D eigenvalue weighted by Crippen LogP contribution is 2.00. The van der Waals surface area contributed by atoms with Gasteiger partial charge in [-0.25, -0.2) is 44.9 Å². The van der Waals surface area contributed by atoms with E-state index in [2.05, 4.69) is 211 Å². The number of H-pyrrole nitrogens is 7. The van der Waals surface area contributed by atoms with Crippen LogP contribution in [0.1, 0.15) is 67.1 Å². The van der Waals surface area contributed by atoms with E-state index in [0.717, 1.165) is 57.2 Å². The Labute approximate surface area is 786 Å². The predicted molar refractivity (Wildman–Crippen MR) is 515 cm³/mol. The number of pyridine rings is 3. The van der Waals surface area contributed by atoms with Crippen molar-refractivity contribution in [2.75, 3.05) is 6.54 Å². The van der Waals surface area contributed by atoms with Gasteiger partial charge in [0.2, 0.25) is 0 Å². The van der Waals surface area contributed by atoms with E-state index in [-0.39, 0.29) is 0 Å². The van der Waals surface area contributed by atoms with Crippen LogP contribution in [0.4, 0.5) is 0 Å². The standard InChI is InChI=1S/2C5H7N.3C5H5N.3C4H6N2.6C4H4N2.2C4H5NS.2C3H5N3.3C3H4N2S.C2H4N4/c1-5-3-2-4-6-5;4*1-2-4-6-5-3-1;1-4-2-5-3-6-4;1-4-5-2-3-6-4;1-4-2-3-5-6-4;1-2-6-4-3-5-1;3*1-2-5-4-6-3-1;2*1-2-4-6-5-3-1;1-4-2-6-3-5-4;1-4-2-5-3-6-4;1-3-4-2-5-6-3;1-3-2-4-6-5-3;1-3-2-6-5-4-3;1-3-2-4-5-6-3;1-3-2-4-6-5-3;1-2-3-5-6-4-2/h2-4,6H,1H3;1-4,6H,5H2;3*1-5H;3*2-3H,1H3,(H,5,6);6*1-4H;2*2-3H,1H3;2*2H,1H3,(H,4,5,6);3*2H,1H3;1H3,(H,3,4,5,6). The van der Waals surface area contributed by atoms with E-state index in [0.29, 0.717) is 5.82 Å². The molecule has 8 N–H and O–H groups in total. The van der Waals surface area contributed by atoms with Crippen molar-refractivity contribution in [3.8, 4) is 0 Å². The number of thiazole rings is 2. The number of hydrogen-bond donors (Lipinski definition) is 8. The molecule has 686 valence electrons. The van der Waals surface area contributed by atoms with Crippen LogP contribution >= 0.6 is 57.5 Å². The molecule has 0 unspecified atom stereocenters. The zero-order valence-corrected chi connectivity index (χ0v) is 78.8. The van der Waals surface area contributed by atoms with Crippen LogP contribution in [0, 0.1) is 83.1 Å². The van der Waals surface area contributed by atoms with E-state index in [4.69, 9.17) is 0 Å². The molecule has 21 aromatic rings. The molecule has 0 bridgehead atoms. The molecular formula is C86H107N41S5. The molecule has 132 heavy (non-hydrogen) atoms. The first kappa shape index (κ1) is 113. The average molecular weight is 1880 g/mol. The molecule has 0 saturated carbocycles. The monoisotopic (exact) mass is 1870 g/mol. The Morgan fingerprint density at radius 2 is 0.917 bits per heavy atom. The zero-order valence-electron chi connectivity index (χ0n) is 74.7. The molecule has 0 aliphatic carbocycles. The molecule has 1 aliphatic rings. The van der Waals surface area contributed by atoms with Crippen molar-refractivity contribution >= 4 is 57.5 Å². The maximum Gasteiger partial charge on any atom is 0.171 e. The second-order valence-electron chi connectivity index (χ2n) is 23.2. The van der Waals surface area contributed by atoms with E-state index in [1.807, 2.05) is 226 Å². The van der Waals surface area contributed by atoms with Crippen molar-refractivity contribution in [3.05, 3.63) is 440 Å². The van der Waals surface area contributed by atoms with Gasteiger partial charge in [0.15, 0.2) is 5.82 Å². The van der Waals surface area contributed by atoms with Gasteiger partial charge in [-0.1, -0.05) is 44.5 Å². The summed E-state index contributed by atoms with van der Waals surface area (Å²) in [6.07, 6.45) is 65.3. The highest BCUT2D eigenvalue weighted by Gasteiger charge is 1.84. The summed E-state index contributed by atoms with van der Waals surface area (Å²) < 4.78 is 14.8. The summed E-state index contributed by atoms with van der Waals surface area (Å²) in [5, 5.41) is 63.4. The maximum atomic E-state index is 3.94. The molecule has 21 aromatic heterocycles. The lowest BCUT2D eigenvalue weighted by atomic mass is 10.4. The summed E-state index contributed by atoms with van der Waals surface area (Å²) in [6.45, 7) is 24.2. The SMILES string of the molecule is C1=CCNC=C1.Cc1ccc[nH]1.Cc1ccn[nH]1.Cc1cn[nH]n1.Cc1cnc[nH]1.Cc1cncs1.Cc1cnns1.Cc1cnsn1.Cc1cscn1.Cc1csnn1.Cc1ncc[nH]1.Cc1ncn[nH]1.Cc1nn[nH]n1.c1ccncc1.c1ccncc1.c1ccncc1.c1ccnnc1.c1ccnnc1.c1cnccn1.c1cncnc1.c1cncnc1.c1cncnc1. The van der Waals surface area contributed by atoms with Crippen LogP contribution in [0.15, 0.2) is 373 Å². The number of aromatic amines is 7. The number of dihydropyridines is 1. The van der Waals surface area contributed by atoms with Crippen LogP contribution in [-0.4, -0.2) is 206 Å². The summed E-state index contributed by atoms with van der Waals surface area (Å²) in [5.41, 5.74) is 11.1. The number of aromatic nitrogens is 40. The number of imidazole rings is 2. The Balaban J connectivity index is 0.000000691. The summed E-state index contributed by atoms with van der Waals surface area (Å²) in [7, 11) is 0. The van der Waals surface area contributed by atoms with Crippen LogP contribution in [0.3, 0.4) is 0 Å². The van der Waals surface area contributed by atoms with Gasteiger partial charge in [-0.3, -0.25) is 45.1 Å². The number of hydrogen-bond acceptors (Lipinski definition) is 39. The summed E-state index contributed by atoms with van der Waals surface area (Å²) in [6, 6.07) is 35.7. The minimum atomic E-state index is 0.676. The van der Waals surface area contributed by atoms with Crippen LogP contribution in [0.2, 0.25) is 0 Å². The normalized spacial score (nSPS) is 8.88. The Bertz CT molecular complexity index is 4060. The summed E-state index contributed by atoms with van der Waals surface area (Å²) in [4.78, 5) is 71.2. The highest BCUT2D eigenvalue weighted by molar-refractivity contribution is 7.09. The largest absolute Gasteiger partial charge is 0.387 e. The fourth-order valence-electron chi connectivity index (χ4n) is 6.21. The number of allylic oxidation sites excluding steroid dienone is 2. The third-order valence-corrected chi connectivity index (χ3v) is 15.2. The molecule has 46 heteroatoms.